The Morgan fingerprint density at radius 3 is 2.53 bits per heavy atom. The van der Waals surface area contributed by atoms with Crippen LogP contribution in [0.1, 0.15) is 29.7 Å². The minimum atomic E-state index is -0.329. The Kier molecular flexibility index (Phi) is 4.11. The summed E-state index contributed by atoms with van der Waals surface area (Å²) in [4.78, 5) is 0. The highest BCUT2D eigenvalue weighted by atomic mass is 35.5. The van der Waals surface area contributed by atoms with Gasteiger partial charge in [0.05, 0.1) is 5.69 Å². The summed E-state index contributed by atoms with van der Waals surface area (Å²) in [5, 5.41) is 3.59. The summed E-state index contributed by atoms with van der Waals surface area (Å²) >= 11 is 5.75. The van der Waals surface area contributed by atoms with Gasteiger partial charge in [0.1, 0.15) is 5.82 Å². The van der Waals surface area contributed by atoms with E-state index in [1.807, 2.05) is 6.92 Å². The van der Waals surface area contributed by atoms with Crippen molar-refractivity contribution in [3.8, 4) is 0 Å². The molecular weight excluding hydrogens is 261 g/mol. The molecule has 0 spiro atoms. The smallest absolute Gasteiger partial charge is 0.147 e. The quantitative estimate of drug-likeness (QED) is 0.806. The van der Waals surface area contributed by atoms with E-state index < -0.39 is 0 Å². The molecule has 0 radical (unpaired) electrons. The summed E-state index contributed by atoms with van der Waals surface area (Å²) in [6.45, 7) is 6.14. The Labute approximate surface area is 118 Å². The van der Waals surface area contributed by atoms with Crippen molar-refractivity contribution in [2.45, 2.75) is 26.8 Å². The minimum Gasteiger partial charge on any atom is -0.376 e. The van der Waals surface area contributed by atoms with Gasteiger partial charge in [-0.3, -0.25) is 0 Å². The first-order chi connectivity index (χ1) is 8.97. The molecule has 1 atom stereocenters. The van der Waals surface area contributed by atoms with E-state index >= 15 is 0 Å². The van der Waals surface area contributed by atoms with E-state index in [2.05, 4.69) is 37.4 Å². The van der Waals surface area contributed by atoms with Crippen molar-refractivity contribution in [1.29, 1.82) is 0 Å². The number of hydrogen-bond acceptors (Lipinski definition) is 1. The fourth-order valence-electron chi connectivity index (χ4n) is 2.14. The first kappa shape index (κ1) is 13.9. The molecule has 0 aliphatic carbocycles. The summed E-state index contributed by atoms with van der Waals surface area (Å²) in [6.07, 6.45) is 0. The van der Waals surface area contributed by atoms with Gasteiger partial charge in [0.2, 0.25) is 0 Å². The normalized spacial score (nSPS) is 12.3. The van der Waals surface area contributed by atoms with Crippen molar-refractivity contribution < 1.29 is 4.39 Å². The van der Waals surface area contributed by atoms with E-state index in [4.69, 9.17) is 11.6 Å². The van der Waals surface area contributed by atoms with Gasteiger partial charge >= 0.3 is 0 Å². The maximum atomic E-state index is 13.8. The van der Waals surface area contributed by atoms with E-state index in [1.54, 1.807) is 12.1 Å². The monoisotopic (exact) mass is 277 g/mol. The van der Waals surface area contributed by atoms with Gasteiger partial charge in [0.25, 0.3) is 0 Å². The van der Waals surface area contributed by atoms with Crippen molar-refractivity contribution in [2.24, 2.45) is 0 Å². The average molecular weight is 278 g/mol. The number of aryl methyl sites for hydroxylation is 2. The van der Waals surface area contributed by atoms with Crippen LogP contribution in [0.15, 0.2) is 36.4 Å². The van der Waals surface area contributed by atoms with Gasteiger partial charge in [-0.15, -0.1) is 0 Å². The summed E-state index contributed by atoms with van der Waals surface area (Å²) in [7, 11) is 0. The van der Waals surface area contributed by atoms with Crippen LogP contribution in [0, 0.1) is 19.7 Å². The van der Waals surface area contributed by atoms with Crippen LogP contribution in [-0.4, -0.2) is 0 Å². The Balaban J connectivity index is 2.25. The van der Waals surface area contributed by atoms with Crippen molar-refractivity contribution in [2.75, 3.05) is 5.32 Å². The maximum Gasteiger partial charge on any atom is 0.147 e. The van der Waals surface area contributed by atoms with Crippen LogP contribution >= 0.6 is 11.6 Å². The highest BCUT2D eigenvalue weighted by Crippen LogP contribution is 2.26. The predicted octanol–water partition coefficient (Wildman–Crippen LogP) is 5.27. The largest absolute Gasteiger partial charge is 0.376 e. The Morgan fingerprint density at radius 1 is 1.11 bits per heavy atom. The lowest BCUT2D eigenvalue weighted by Gasteiger charge is -2.19. The molecule has 0 aliphatic heterocycles. The molecule has 19 heavy (non-hydrogen) atoms. The predicted molar refractivity (Wildman–Crippen MR) is 79.4 cm³/mol. The molecule has 1 unspecified atom stereocenters. The zero-order chi connectivity index (χ0) is 14.0. The number of nitrogens with one attached hydrogen (secondary N) is 1. The van der Waals surface area contributed by atoms with Gasteiger partial charge in [-0.1, -0.05) is 35.4 Å². The SMILES string of the molecule is Cc1ccc(C)c(C(C)Nc2ccc(Cl)cc2F)c1. The summed E-state index contributed by atoms with van der Waals surface area (Å²) in [5.74, 6) is -0.329. The molecule has 0 heterocycles. The molecule has 1 N–H and O–H groups in total. The fourth-order valence-corrected chi connectivity index (χ4v) is 2.30. The molecule has 0 saturated heterocycles. The lowest BCUT2D eigenvalue weighted by Crippen LogP contribution is -2.09. The van der Waals surface area contributed by atoms with Crippen LogP contribution < -0.4 is 5.32 Å². The van der Waals surface area contributed by atoms with E-state index in [0.717, 1.165) is 0 Å². The Morgan fingerprint density at radius 2 is 1.84 bits per heavy atom. The zero-order valence-electron chi connectivity index (χ0n) is 11.3. The molecule has 0 amide bonds. The molecule has 2 rings (SSSR count). The molecule has 2 aromatic rings. The van der Waals surface area contributed by atoms with Crippen molar-refractivity contribution in [3.05, 3.63) is 63.9 Å². The molecule has 3 heteroatoms. The van der Waals surface area contributed by atoms with Gasteiger partial charge < -0.3 is 5.32 Å². The molecule has 1 nitrogen and oxygen atoms in total. The highest BCUT2D eigenvalue weighted by molar-refractivity contribution is 6.30. The minimum absolute atomic E-state index is 0.0376. The Bertz CT molecular complexity index is 595. The number of halogens is 2. The maximum absolute atomic E-state index is 13.8. The first-order valence-corrected chi connectivity index (χ1v) is 6.64. The number of rotatable bonds is 3. The second-order valence-corrected chi connectivity index (χ2v) is 5.29. The van der Waals surface area contributed by atoms with Crippen LogP contribution in [0.25, 0.3) is 0 Å². The molecule has 0 fully saturated rings. The molecule has 0 aromatic heterocycles. The van der Waals surface area contributed by atoms with Crippen molar-refractivity contribution >= 4 is 17.3 Å². The van der Waals surface area contributed by atoms with Crippen LogP contribution in [-0.2, 0) is 0 Å². The zero-order valence-corrected chi connectivity index (χ0v) is 12.1. The molecule has 2 aromatic carbocycles. The van der Waals surface area contributed by atoms with Gasteiger partial charge in [0, 0.05) is 11.1 Å². The first-order valence-electron chi connectivity index (χ1n) is 6.26. The number of hydrogen-bond donors (Lipinski definition) is 1. The van der Waals surface area contributed by atoms with Crippen molar-refractivity contribution in [1.82, 2.24) is 0 Å². The van der Waals surface area contributed by atoms with Crippen LogP contribution in [0.4, 0.5) is 10.1 Å². The van der Waals surface area contributed by atoms with Crippen molar-refractivity contribution in [3.63, 3.8) is 0 Å². The van der Waals surface area contributed by atoms with Gasteiger partial charge in [0.15, 0.2) is 0 Å². The van der Waals surface area contributed by atoms with Gasteiger partial charge in [-0.25, -0.2) is 4.39 Å². The summed E-state index contributed by atoms with van der Waals surface area (Å²) < 4.78 is 13.8. The number of benzene rings is 2. The van der Waals surface area contributed by atoms with E-state index in [1.165, 1.54) is 22.8 Å². The number of anilines is 1. The molecule has 0 aliphatic rings. The average Bonchev–Trinajstić information content (AvgIpc) is 2.35. The van der Waals surface area contributed by atoms with E-state index in [0.29, 0.717) is 10.7 Å². The second kappa shape index (κ2) is 5.62. The van der Waals surface area contributed by atoms with Gasteiger partial charge in [-0.2, -0.15) is 0 Å². The molecular formula is C16H17ClFN. The summed E-state index contributed by atoms with van der Waals surface area (Å²) in [6, 6.07) is 11.0. The topological polar surface area (TPSA) is 12.0 Å². The highest BCUT2D eigenvalue weighted by Gasteiger charge is 2.11. The van der Waals surface area contributed by atoms with E-state index in [9.17, 15) is 4.39 Å². The molecule has 100 valence electrons. The molecule has 0 bridgehead atoms. The third-order valence-electron chi connectivity index (χ3n) is 3.20. The van der Waals surface area contributed by atoms with Gasteiger partial charge in [-0.05, 0) is 50.1 Å². The third kappa shape index (κ3) is 3.27. The third-order valence-corrected chi connectivity index (χ3v) is 3.44. The van der Waals surface area contributed by atoms with E-state index in [-0.39, 0.29) is 11.9 Å². The lowest BCUT2D eigenvalue weighted by molar-refractivity contribution is 0.627. The Hall–Kier alpha value is -1.54. The molecule has 0 saturated carbocycles. The van der Waals surface area contributed by atoms with Crippen LogP contribution in [0.5, 0.6) is 0 Å². The van der Waals surface area contributed by atoms with Crippen LogP contribution in [0.2, 0.25) is 5.02 Å². The van der Waals surface area contributed by atoms with Crippen LogP contribution in [0.3, 0.4) is 0 Å². The lowest BCUT2D eigenvalue weighted by atomic mass is 10.00. The fraction of sp³-hybridized carbons (Fsp3) is 0.250. The standard InChI is InChI=1S/C16H17ClFN/c1-10-4-5-11(2)14(8-10)12(3)19-16-7-6-13(17)9-15(16)18/h4-9,12,19H,1-3H3. The second-order valence-electron chi connectivity index (χ2n) is 4.85. The summed E-state index contributed by atoms with van der Waals surface area (Å²) in [5.41, 5.74) is 4.04.